The van der Waals surface area contributed by atoms with Crippen molar-refractivity contribution < 1.29 is 33.7 Å². The SMILES string of the molecule is CCCCN(CCCCN)C(=O)CN1CC(c2cc(OC)c3c(c2)OCO3)C(C(=O)O)C1CCN(CC)C(C)=O. The Kier molecular flexibility index (Phi) is 11.9. The zero-order valence-corrected chi connectivity index (χ0v) is 24.4. The Morgan fingerprint density at radius 1 is 1.10 bits per heavy atom. The fourth-order valence-electron chi connectivity index (χ4n) is 5.81. The second-order valence-corrected chi connectivity index (χ2v) is 10.5. The van der Waals surface area contributed by atoms with Gasteiger partial charge in [-0.25, -0.2) is 0 Å². The number of aliphatic carboxylic acids is 1. The second kappa shape index (κ2) is 15.1. The third kappa shape index (κ3) is 7.57. The van der Waals surface area contributed by atoms with Crippen LogP contribution in [-0.4, -0.2) is 103 Å². The van der Waals surface area contributed by atoms with Crippen molar-refractivity contribution in [1.29, 1.82) is 0 Å². The van der Waals surface area contributed by atoms with Gasteiger partial charge in [-0.15, -0.1) is 0 Å². The number of benzene rings is 1. The molecule has 11 nitrogen and oxygen atoms in total. The number of carbonyl (C=O) groups is 3. The Labute approximate surface area is 237 Å². The number of carboxylic acids is 1. The van der Waals surface area contributed by atoms with Crippen molar-refractivity contribution in [3.05, 3.63) is 17.7 Å². The van der Waals surface area contributed by atoms with E-state index in [1.165, 1.54) is 14.0 Å². The molecule has 0 radical (unpaired) electrons. The van der Waals surface area contributed by atoms with Gasteiger partial charge in [0.1, 0.15) is 0 Å². The number of ether oxygens (including phenoxy) is 3. The molecule has 2 aliphatic heterocycles. The summed E-state index contributed by atoms with van der Waals surface area (Å²) in [5.41, 5.74) is 6.44. The molecule has 0 spiro atoms. The molecule has 3 N–H and O–H groups in total. The summed E-state index contributed by atoms with van der Waals surface area (Å²) in [5, 5.41) is 10.5. The number of methoxy groups -OCH3 is 1. The molecule has 3 unspecified atom stereocenters. The van der Waals surface area contributed by atoms with Crippen LogP contribution in [0.5, 0.6) is 17.2 Å². The summed E-state index contributed by atoms with van der Waals surface area (Å²) in [7, 11) is 1.54. The van der Waals surface area contributed by atoms with Crippen LogP contribution in [0.3, 0.4) is 0 Å². The van der Waals surface area contributed by atoms with Gasteiger partial charge in [0, 0.05) is 51.6 Å². The van der Waals surface area contributed by atoms with Gasteiger partial charge >= 0.3 is 5.97 Å². The largest absolute Gasteiger partial charge is 0.493 e. The maximum Gasteiger partial charge on any atom is 0.308 e. The summed E-state index contributed by atoms with van der Waals surface area (Å²) in [6.07, 6.45) is 3.99. The number of nitrogens with zero attached hydrogens (tertiary/aromatic N) is 3. The van der Waals surface area contributed by atoms with Gasteiger partial charge < -0.3 is 34.9 Å². The molecule has 0 aromatic heterocycles. The fourth-order valence-corrected chi connectivity index (χ4v) is 5.81. The van der Waals surface area contributed by atoms with E-state index < -0.39 is 23.8 Å². The highest BCUT2D eigenvalue weighted by Crippen LogP contribution is 2.47. The summed E-state index contributed by atoms with van der Waals surface area (Å²) in [6.45, 7) is 8.91. The van der Waals surface area contributed by atoms with Crippen LogP contribution in [0.25, 0.3) is 0 Å². The van der Waals surface area contributed by atoms with E-state index in [2.05, 4.69) is 6.92 Å². The molecule has 1 aromatic carbocycles. The molecule has 224 valence electrons. The lowest BCUT2D eigenvalue weighted by molar-refractivity contribution is -0.144. The van der Waals surface area contributed by atoms with Crippen LogP contribution in [0.2, 0.25) is 0 Å². The van der Waals surface area contributed by atoms with Gasteiger partial charge in [0.2, 0.25) is 24.4 Å². The Bertz CT molecular complexity index is 1020. The molecule has 1 saturated heterocycles. The minimum atomic E-state index is -0.932. The zero-order valence-electron chi connectivity index (χ0n) is 24.4. The number of hydrogen-bond acceptors (Lipinski definition) is 8. The first-order valence-electron chi connectivity index (χ1n) is 14.4. The van der Waals surface area contributed by atoms with Crippen molar-refractivity contribution in [3.8, 4) is 17.2 Å². The van der Waals surface area contributed by atoms with Crippen LogP contribution < -0.4 is 19.9 Å². The first-order chi connectivity index (χ1) is 19.2. The number of fused-ring (bicyclic) bond motifs is 1. The second-order valence-electron chi connectivity index (χ2n) is 10.5. The van der Waals surface area contributed by atoms with E-state index in [0.717, 1.165) is 31.2 Å². The van der Waals surface area contributed by atoms with E-state index in [1.54, 1.807) is 4.90 Å². The molecular formula is C29H46N4O7. The normalized spacial score (nSPS) is 20.0. The predicted molar refractivity (Wildman–Crippen MR) is 151 cm³/mol. The molecule has 3 rings (SSSR count). The number of rotatable bonds is 16. The number of hydrogen-bond donors (Lipinski definition) is 2. The quantitative estimate of drug-likeness (QED) is 0.291. The molecule has 1 aromatic rings. The molecule has 0 bridgehead atoms. The summed E-state index contributed by atoms with van der Waals surface area (Å²) in [5.74, 6) is -0.692. The van der Waals surface area contributed by atoms with Crippen LogP contribution in [0.15, 0.2) is 12.1 Å². The molecule has 0 aliphatic carbocycles. The van der Waals surface area contributed by atoms with E-state index >= 15 is 0 Å². The third-order valence-electron chi connectivity index (χ3n) is 8.02. The smallest absolute Gasteiger partial charge is 0.308 e. The maximum atomic E-state index is 13.6. The highest BCUT2D eigenvalue weighted by atomic mass is 16.7. The van der Waals surface area contributed by atoms with Crippen LogP contribution in [0.1, 0.15) is 64.4 Å². The number of carbonyl (C=O) groups excluding carboxylic acids is 2. The molecule has 40 heavy (non-hydrogen) atoms. The molecular weight excluding hydrogens is 516 g/mol. The Balaban J connectivity index is 1.92. The van der Waals surface area contributed by atoms with Crippen LogP contribution in [-0.2, 0) is 14.4 Å². The van der Waals surface area contributed by atoms with E-state index in [1.807, 2.05) is 28.9 Å². The summed E-state index contributed by atoms with van der Waals surface area (Å²) >= 11 is 0. The van der Waals surface area contributed by atoms with Crippen LogP contribution >= 0.6 is 0 Å². The summed E-state index contributed by atoms with van der Waals surface area (Å²) in [4.78, 5) is 44.1. The third-order valence-corrected chi connectivity index (χ3v) is 8.02. The van der Waals surface area contributed by atoms with Gasteiger partial charge in [-0.05, 0) is 56.8 Å². The molecule has 2 amide bonds. The standard InChI is InChI=1S/C29H46N4O7/c1-5-7-12-32(13-9-8-11-30)26(35)18-33-17-22(21-15-24(38-4)28-25(16-21)39-19-40-28)27(29(36)37)23(33)10-14-31(6-2)20(3)34/h15-16,22-23,27H,5-14,17-19,30H2,1-4H3,(H,36,37). The van der Waals surface area contributed by atoms with Crippen molar-refractivity contribution in [2.75, 3.05) is 59.7 Å². The molecule has 3 atom stereocenters. The van der Waals surface area contributed by atoms with Crippen molar-refractivity contribution >= 4 is 17.8 Å². The number of carboxylic acid groups (broad SMARTS) is 1. The van der Waals surface area contributed by atoms with E-state index in [-0.39, 0.29) is 25.2 Å². The Hall–Kier alpha value is -3.05. The van der Waals surface area contributed by atoms with Crippen molar-refractivity contribution in [1.82, 2.24) is 14.7 Å². The van der Waals surface area contributed by atoms with E-state index in [4.69, 9.17) is 19.9 Å². The lowest BCUT2D eigenvalue weighted by Gasteiger charge is -2.31. The van der Waals surface area contributed by atoms with Gasteiger partial charge in [0.25, 0.3) is 0 Å². The Morgan fingerprint density at radius 3 is 2.48 bits per heavy atom. The molecule has 2 aliphatic rings. The van der Waals surface area contributed by atoms with Gasteiger partial charge in [-0.1, -0.05) is 13.3 Å². The fraction of sp³-hybridized carbons (Fsp3) is 0.690. The highest BCUT2D eigenvalue weighted by Gasteiger charge is 2.47. The predicted octanol–water partition coefficient (Wildman–Crippen LogP) is 2.52. The first-order valence-corrected chi connectivity index (χ1v) is 14.4. The topological polar surface area (TPSA) is 135 Å². The van der Waals surface area contributed by atoms with Crippen molar-refractivity contribution in [3.63, 3.8) is 0 Å². The number of amides is 2. The van der Waals surface area contributed by atoms with Crippen LogP contribution in [0.4, 0.5) is 0 Å². The molecule has 1 fully saturated rings. The molecule has 2 heterocycles. The average Bonchev–Trinajstić information content (AvgIpc) is 3.55. The average molecular weight is 563 g/mol. The van der Waals surface area contributed by atoms with Crippen LogP contribution in [0, 0.1) is 5.92 Å². The maximum absolute atomic E-state index is 13.6. The Morgan fingerprint density at radius 2 is 1.85 bits per heavy atom. The number of nitrogens with two attached hydrogens (primary N) is 1. The van der Waals surface area contributed by atoms with Gasteiger partial charge in [-0.3, -0.25) is 19.3 Å². The lowest BCUT2D eigenvalue weighted by Crippen LogP contribution is -2.46. The highest BCUT2D eigenvalue weighted by molar-refractivity contribution is 5.79. The minimum Gasteiger partial charge on any atom is -0.493 e. The van der Waals surface area contributed by atoms with E-state index in [9.17, 15) is 19.5 Å². The molecule has 11 heteroatoms. The lowest BCUT2D eigenvalue weighted by atomic mass is 9.84. The monoisotopic (exact) mass is 562 g/mol. The van der Waals surface area contributed by atoms with Gasteiger partial charge in [0.05, 0.1) is 19.6 Å². The first kappa shape index (κ1) is 31.5. The minimum absolute atomic E-state index is 0.0116. The number of unbranched alkanes of at least 4 members (excludes halogenated alkanes) is 2. The zero-order chi connectivity index (χ0) is 29.2. The summed E-state index contributed by atoms with van der Waals surface area (Å²) in [6, 6.07) is 3.20. The van der Waals surface area contributed by atoms with Crippen molar-refractivity contribution in [2.45, 2.75) is 64.8 Å². The van der Waals surface area contributed by atoms with E-state index in [0.29, 0.717) is 62.9 Å². The molecule has 0 saturated carbocycles. The number of likely N-dealkylation sites (tertiary alicyclic amines) is 1. The summed E-state index contributed by atoms with van der Waals surface area (Å²) < 4.78 is 16.7. The van der Waals surface area contributed by atoms with Gasteiger partial charge in [0.15, 0.2) is 11.5 Å². The van der Waals surface area contributed by atoms with Gasteiger partial charge in [-0.2, -0.15) is 0 Å². The van der Waals surface area contributed by atoms with Crippen molar-refractivity contribution in [2.24, 2.45) is 11.7 Å².